The van der Waals surface area contributed by atoms with Crippen LogP contribution in [0.1, 0.15) is 16.2 Å². The number of aromatic nitrogens is 4. The Hall–Kier alpha value is -4.18. The number of rotatable bonds is 5. The zero-order valence-corrected chi connectivity index (χ0v) is 19.4. The number of aryl methyl sites for hydroxylation is 1. The molecule has 3 heterocycles. The van der Waals surface area contributed by atoms with Gasteiger partial charge in [0.05, 0.1) is 42.0 Å². The second kappa shape index (κ2) is 7.99. The van der Waals surface area contributed by atoms with E-state index in [-0.39, 0.29) is 16.4 Å². The molecule has 0 spiro atoms. The van der Waals surface area contributed by atoms with Gasteiger partial charge in [0.2, 0.25) is 5.82 Å². The maximum Gasteiger partial charge on any atom is 0.374 e. The monoisotopic (exact) mass is 476 g/mol. The molecular weight excluding hydrogens is 456 g/mol. The summed E-state index contributed by atoms with van der Waals surface area (Å²) in [5, 5.41) is 0. The van der Waals surface area contributed by atoms with Gasteiger partial charge >= 0.3 is 5.97 Å². The number of carbonyl (C=O) groups is 1. The highest BCUT2D eigenvalue weighted by molar-refractivity contribution is 7.90. The van der Waals surface area contributed by atoms with E-state index >= 15 is 0 Å². The second-order valence-corrected chi connectivity index (χ2v) is 9.44. The summed E-state index contributed by atoms with van der Waals surface area (Å²) in [6, 6.07) is 15.4. The molecule has 0 aliphatic rings. The fourth-order valence-electron chi connectivity index (χ4n) is 3.82. The Bertz CT molecular complexity index is 1650. The van der Waals surface area contributed by atoms with Crippen molar-refractivity contribution in [3.63, 3.8) is 0 Å². The van der Waals surface area contributed by atoms with E-state index in [9.17, 15) is 13.2 Å². The molecule has 0 amide bonds. The number of hydrogen-bond donors (Lipinski definition) is 0. The average Bonchev–Trinajstić information content (AvgIpc) is 3.46. The molecule has 0 radical (unpaired) electrons. The Labute approximate surface area is 195 Å². The van der Waals surface area contributed by atoms with Gasteiger partial charge < -0.3 is 9.47 Å². The van der Waals surface area contributed by atoms with Gasteiger partial charge in [0, 0.05) is 11.8 Å². The Morgan fingerprint density at radius 2 is 1.65 bits per heavy atom. The fraction of sp³-hybridized carbons (Fsp3) is 0.125. The number of esters is 1. The van der Waals surface area contributed by atoms with Crippen LogP contribution < -0.4 is 4.74 Å². The van der Waals surface area contributed by atoms with Crippen LogP contribution in [0.3, 0.4) is 0 Å². The number of ether oxygens (including phenoxy) is 2. The number of imidazole rings is 1. The maximum absolute atomic E-state index is 13.3. The van der Waals surface area contributed by atoms with Crippen molar-refractivity contribution >= 4 is 32.7 Å². The summed E-state index contributed by atoms with van der Waals surface area (Å²) in [4.78, 5) is 21.7. The highest BCUT2D eigenvalue weighted by Crippen LogP contribution is 2.30. The summed E-state index contributed by atoms with van der Waals surface area (Å²) in [7, 11) is -1.07. The van der Waals surface area contributed by atoms with Crippen LogP contribution in [0.15, 0.2) is 71.9 Å². The predicted octanol–water partition coefficient (Wildman–Crippen LogP) is 3.69. The molecule has 0 saturated carbocycles. The Balaban J connectivity index is 1.76. The summed E-state index contributed by atoms with van der Waals surface area (Å²) < 4.78 is 39.5. The number of carbonyl (C=O) groups excluding carboxylic acids is 1. The van der Waals surface area contributed by atoms with Gasteiger partial charge in [-0.2, -0.15) is 0 Å². The molecule has 0 unspecified atom stereocenters. The van der Waals surface area contributed by atoms with Crippen molar-refractivity contribution in [2.45, 2.75) is 11.8 Å². The summed E-state index contributed by atoms with van der Waals surface area (Å²) in [6.07, 6.45) is 2.92. The highest BCUT2D eigenvalue weighted by Gasteiger charge is 2.25. The van der Waals surface area contributed by atoms with Crippen LogP contribution in [-0.4, -0.2) is 46.9 Å². The van der Waals surface area contributed by atoms with Crippen LogP contribution in [0.4, 0.5) is 0 Å². The number of nitrogens with zero attached hydrogens (tertiary/aromatic N) is 4. The van der Waals surface area contributed by atoms with Gasteiger partial charge in [0.1, 0.15) is 5.75 Å². The lowest BCUT2D eigenvalue weighted by atomic mass is 10.1. The highest BCUT2D eigenvalue weighted by atomic mass is 32.2. The van der Waals surface area contributed by atoms with E-state index in [4.69, 9.17) is 9.47 Å². The molecule has 0 aliphatic carbocycles. The molecule has 0 saturated heterocycles. The molecule has 5 rings (SSSR count). The van der Waals surface area contributed by atoms with Gasteiger partial charge in [-0.15, -0.1) is 0 Å². The molecule has 34 heavy (non-hydrogen) atoms. The zero-order valence-electron chi connectivity index (χ0n) is 18.6. The van der Waals surface area contributed by atoms with Crippen molar-refractivity contribution in [2.24, 2.45) is 0 Å². The topological polar surface area (TPSA) is 105 Å². The molecule has 3 aromatic heterocycles. The van der Waals surface area contributed by atoms with Crippen molar-refractivity contribution < 1.29 is 22.7 Å². The van der Waals surface area contributed by atoms with Crippen LogP contribution >= 0.6 is 0 Å². The van der Waals surface area contributed by atoms with Gasteiger partial charge in [0.15, 0.2) is 5.65 Å². The van der Waals surface area contributed by atoms with E-state index in [1.165, 1.54) is 19.5 Å². The third-order valence-electron chi connectivity index (χ3n) is 5.58. The Morgan fingerprint density at radius 1 is 0.941 bits per heavy atom. The van der Waals surface area contributed by atoms with E-state index in [1.54, 1.807) is 54.0 Å². The van der Waals surface area contributed by atoms with E-state index in [1.807, 2.05) is 19.1 Å². The van der Waals surface area contributed by atoms with Crippen LogP contribution in [-0.2, 0) is 14.8 Å². The molecule has 0 bridgehead atoms. The summed E-state index contributed by atoms with van der Waals surface area (Å²) in [5.41, 5.74) is 3.29. The lowest BCUT2D eigenvalue weighted by Gasteiger charge is -2.08. The molecule has 0 fully saturated rings. The lowest BCUT2D eigenvalue weighted by Crippen LogP contribution is -2.13. The number of hydrogen-bond acceptors (Lipinski definition) is 7. The van der Waals surface area contributed by atoms with Crippen molar-refractivity contribution in [1.82, 2.24) is 18.3 Å². The van der Waals surface area contributed by atoms with Crippen molar-refractivity contribution in [3.05, 3.63) is 78.4 Å². The molecular formula is C24H20N4O5S. The summed E-state index contributed by atoms with van der Waals surface area (Å²) in [5.74, 6) is 0.0389. The van der Waals surface area contributed by atoms with Crippen LogP contribution in [0.5, 0.6) is 5.75 Å². The average molecular weight is 477 g/mol. The smallest absolute Gasteiger partial charge is 0.374 e. The summed E-state index contributed by atoms with van der Waals surface area (Å²) in [6.45, 7) is 1.88. The minimum Gasteiger partial charge on any atom is -0.497 e. The zero-order chi connectivity index (χ0) is 24.0. The molecule has 9 nitrogen and oxygen atoms in total. The van der Waals surface area contributed by atoms with E-state index in [0.717, 1.165) is 15.1 Å². The first kappa shape index (κ1) is 21.7. The minimum absolute atomic E-state index is 0.0150. The van der Waals surface area contributed by atoms with Gasteiger partial charge in [-0.05, 0) is 49.4 Å². The van der Waals surface area contributed by atoms with Gasteiger partial charge in [-0.1, -0.05) is 17.7 Å². The second-order valence-electron chi connectivity index (χ2n) is 7.62. The van der Waals surface area contributed by atoms with Crippen molar-refractivity contribution in [2.75, 3.05) is 14.2 Å². The lowest BCUT2D eigenvalue weighted by molar-refractivity contribution is 0.0586. The first-order chi connectivity index (χ1) is 16.3. The van der Waals surface area contributed by atoms with E-state index in [2.05, 4.69) is 9.97 Å². The van der Waals surface area contributed by atoms with Gasteiger partial charge in [0.25, 0.3) is 10.0 Å². The van der Waals surface area contributed by atoms with Gasteiger partial charge in [-0.3, -0.25) is 4.40 Å². The maximum atomic E-state index is 13.3. The van der Waals surface area contributed by atoms with Crippen LogP contribution in [0.25, 0.3) is 27.9 Å². The number of fused-ring (bicyclic) bond motifs is 3. The molecule has 10 heteroatoms. The first-order valence-corrected chi connectivity index (χ1v) is 11.7. The molecule has 0 N–H and O–H groups in total. The Morgan fingerprint density at radius 3 is 2.29 bits per heavy atom. The molecule has 0 aliphatic heterocycles. The van der Waals surface area contributed by atoms with Crippen LogP contribution in [0, 0.1) is 6.92 Å². The van der Waals surface area contributed by atoms with Crippen molar-refractivity contribution in [1.29, 1.82) is 0 Å². The number of methoxy groups -OCH3 is 2. The van der Waals surface area contributed by atoms with Crippen LogP contribution in [0.2, 0.25) is 0 Å². The SMILES string of the molecule is COC(=O)c1nc(-c2ccc(OC)cc2)c2cnc3c(ccn3S(=O)(=O)c3ccc(C)cc3)n12. The largest absolute Gasteiger partial charge is 0.497 e. The molecule has 0 atom stereocenters. The molecule has 172 valence electrons. The molecule has 5 aromatic rings. The molecule has 2 aromatic carbocycles. The van der Waals surface area contributed by atoms with E-state index in [0.29, 0.717) is 22.5 Å². The first-order valence-electron chi connectivity index (χ1n) is 10.3. The normalized spacial score (nSPS) is 11.7. The predicted molar refractivity (Wildman–Crippen MR) is 126 cm³/mol. The third-order valence-corrected chi connectivity index (χ3v) is 7.26. The minimum atomic E-state index is -3.91. The standard InChI is InChI=1S/C24H20N4O5S/c1-15-4-10-18(11-5-15)34(30,31)27-13-12-19-22(27)25-14-20-21(16-6-8-17(32-2)9-7-16)26-23(28(19)20)24(29)33-3/h4-14H,1-3H3. The van der Waals surface area contributed by atoms with Crippen molar-refractivity contribution in [3.8, 4) is 17.0 Å². The Kier molecular flexibility index (Phi) is 5.09. The quantitative estimate of drug-likeness (QED) is 0.356. The van der Waals surface area contributed by atoms with Gasteiger partial charge in [-0.25, -0.2) is 27.2 Å². The third kappa shape index (κ3) is 3.30. The van der Waals surface area contributed by atoms with E-state index < -0.39 is 16.0 Å². The number of benzene rings is 2. The summed E-state index contributed by atoms with van der Waals surface area (Å²) >= 11 is 0. The fourth-order valence-corrected chi connectivity index (χ4v) is 5.12.